The zero-order chi connectivity index (χ0) is 10.2. The largest absolute Gasteiger partial charge is 0.490 e. The molecule has 0 saturated carbocycles. The molecule has 0 saturated heterocycles. The van der Waals surface area contributed by atoms with Crippen LogP contribution in [0.4, 0.5) is 5.69 Å². The highest BCUT2D eigenvalue weighted by Crippen LogP contribution is 2.14. The molecule has 0 unspecified atom stereocenters. The van der Waals surface area contributed by atoms with Crippen LogP contribution in [-0.2, 0) is 0 Å². The Morgan fingerprint density at radius 2 is 2.36 bits per heavy atom. The van der Waals surface area contributed by atoms with Crippen molar-refractivity contribution in [2.75, 3.05) is 25.1 Å². The van der Waals surface area contributed by atoms with Crippen LogP contribution in [0.5, 0.6) is 5.75 Å². The number of ether oxygens (including phenoxy) is 1. The zero-order valence-corrected chi connectivity index (χ0v) is 8.36. The van der Waals surface area contributed by atoms with Crippen LogP contribution in [0.2, 0.25) is 0 Å². The fourth-order valence-corrected chi connectivity index (χ4v) is 1.03. The van der Waals surface area contributed by atoms with E-state index in [1.54, 1.807) is 12.4 Å². The first-order valence-corrected chi connectivity index (χ1v) is 4.79. The molecule has 0 radical (unpaired) electrons. The Morgan fingerprint density at radius 1 is 1.50 bits per heavy atom. The summed E-state index contributed by atoms with van der Waals surface area (Å²) in [6, 6.07) is 1.87. The highest BCUT2D eigenvalue weighted by atomic mass is 16.5. The van der Waals surface area contributed by atoms with Crippen molar-refractivity contribution in [3.8, 4) is 5.75 Å². The first-order chi connectivity index (χ1) is 6.86. The Bertz CT molecular complexity index is 243. The molecule has 1 aromatic rings. The summed E-state index contributed by atoms with van der Waals surface area (Å²) < 4.78 is 5.22. The predicted molar refractivity (Wildman–Crippen MR) is 55.6 cm³/mol. The van der Waals surface area contributed by atoms with E-state index in [2.05, 4.69) is 17.2 Å². The first kappa shape index (κ1) is 10.8. The number of aliphatic hydroxyl groups excluding tert-OH is 1. The van der Waals surface area contributed by atoms with Crippen molar-refractivity contribution in [2.45, 2.75) is 13.3 Å². The molecule has 4 heteroatoms. The molecular weight excluding hydrogens is 180 g/mol. The standard InChI is InChI=1S/C10H16N2O2/c1-2-3-12-9-6-10(8-11-7-9)14-5-4-13/h6-8,12-13H,2-5H2,1H3. The fourth-order valence-electron chi connectivity index (χ4n) is 1.03. The molecule has 0 aliphatic carbocycles. The normalized spacial score (nSPS) is 9.86. The van der Waals surface area contributed by atoms with E-state index < -0.39 is 0 Å². The minimum atomic E-state index is 0.0205. The maximum atomic E-state index is 8.58. The van der Waals surface area contributed by atoms with Crippen molar-refractivity contribution in [3.05, 3.63) is 18.5 Å². The summed E-state index contributed by atoms with van der Waals surface area (Å²) in [6.45, 7) is 3.35. The van der Waals surface area contributed by atoms with Gasteiger partial charge in [-0.25, -0.2) is 0 Å². The van der Waals surface area contributed by atoms with Crippen molar-refractivity contribution in [3.63, 3.8) is 0 Å². The molecule has 1 aromatic heterocycles. The quantitative estimate of drug-likeness (QED) is 0.719. The minimum Gasteiger partial charge on any atom is -0.490 e. The van der Waals surface area contributed by atoms with Gasteiger partial charge in [-0.2, -0.15) is 0 Å². The van der Waals surface area contributed by atoms with Crippen LogP contribution < -0.4 is 10.1 Å². The van der Waals surface area contributed by atoms with Gasteiger partial charge in [-0.3, -0.25) is 4.98 Å². The zero-order valence-electron chi connectivity index (χ0n) is 8.36. The molecule has 14 heavy (non-hydrogen) atoms. The maximum absolute atomic E-state index is 8.58. The highest BCUT2D eigenvalue weighted by molar-refractivity contribution is 5.44. The fraction of sp³-hybridized carbons (Fsp3) is 0.500. The molecule has 0 spiro atoms. The van der Waals surface area contributed by atoms with Crippen LogP contribution in [0.1, 0.15) is 13.3 Å². The van der Waals surface area contributed by atoms with Crippen LogP contribution in [0.3, 0.4) is 0 Å². The lowest BCUT2D eigenvalue weighted by molar-refractivity contribution is 0.201. The summed E-state index contributed by atoms with van der Waals surface area (Å²) in [5, 5.41) is 11.8. The van der Waals surface area contributed by atoms with E-state index in [4.69, 9.17) is 9.84 Å². The SMILES string of the molecule is CCCNc1cncc(OCCO)c1. The number of nitrogens with zero attached hydrogens (tertiary/aromatic N) is 1. The number of pyridine rings is 1. The number of aliphatic hydroxyl groups is 1. The number of aromatic nitrogens is 1. The van der Waals surface area contributed by atoms with Gasteiger partial charge in [0.25, 0.3) is 0 Å². The molecule has 1 heterocycles. The Kier molecular flexibility index (Phi) is 4.78. The Morgan fingerprint density at radius 3 is 3.07 bits per heavy atom. The van der Waals surface area contributed by atoms with Gasteiger partial charge in [0.05, 0.1) is 24.7 Å². The second kappa shape index (κ2) is 6.21. The van der Waals surface area contributed by atoms with Gasteiger partial charge in [-0.05, 0) is 6.42 Å². The van der Waals surface area contributed by atoms with Crippen molar-refractivity contribution in [1.29, 1.82) is 0 Å². The van der Waals surface area contributed by atoms with E-state index in [0.29, 0.717) is 12.4 Å². The number of nitrogens with one attached hydrogen (secondary N) is 1. The van der Waals surface area contributed by atoms with Crippen molar-refractivity contribution < 1.29 is 9.84 Å². The van der Waals surface area contributed by atoms with Gasteiger partial charge in [0, 0.05) is 12.6 Å². The van der Waals surface area contributed by atoms with Crippen LogP contribution in [0.25, 0.3) is 0 Å². The van der Waals surface area contributed by atoms with E-state index in [1.165, 1.54) is 0 Å². The summed E-state index contributed by atoms with van der Waals surface area (Å²) in [7, 11) is 0. The second-order valence-corrected chi connectivity index (χ2v) is 2.91. The summed E-state index contributed by atoms with van der Waals surface area (Å²) in [4.78, 5) is 4.02. The smallest absolute Gasteiger partial charge is 0.139 e. The summed E-state index contributed by atoms with van der Waals surface area (Å²) >= 11 is 0. The van der Waals surface area contributed by atoms with E-state index >= 15 is 0 Å². The van der Waals surface area contributed by atoms with E-state index in [1.807, 2.05) is 6.07 Å². The van der Waals surface area contributed by atoms with Gasteiger partial charge in [-0.1, -0.05) is 6.92 Å². The molecule has 0 aliphatic rings. The van der Waals surface area contributed by atoms with Crippen molar-refractivity contribution >= 4 is 5.69 Å². The molecule has 0 bridgehead atoms. The molecule has 4 nitrogen and oxygen atoms in total. The molecule has 0 aromatic carbocycles. The van der Waals surface area contributed by atoms with Gasteiger partial charge >= 0.3 is 0 Å². The summed E-state index contributed by atoms with van der Waals surface area (Å²) in [6.07, 6.45) is 4.45. The third kappa shape index (κ3) is 3.62. The average molecular weight is 196 g/mol. The molecule has 0 aliphatic heterocycles. The Hall–Kier alpha value is -1.29. The van der Waals surface area contributed by atoms with Gasteiger partial charge in [-0.15, -0.1) is 0 Å². The van der Waals surface area contributed by atoms with Gasteiger partial charge < -0.3 is 15.2 Å². The first-order valence-electron chi connectivity index (χ1n) is 4.79. The highest BCUT2D eigenvalue weighted by Gasteiger charge is 1.96. The monoisotopic (exact) mass is 196 g/mol. The van der Waals surface area contributed by atoms with E-state index in [0.717, 1.165) is 18.7 Å². The lowest BCUT2D eigenvalue weighted by Crippen LogP contribution is -2.04. The van der Waals surface area contributed by atoms with Crippen LogP contribution in [-0.4, -0.2) is 29.8 Å². The van der Waals surface area contributed by atoms with Crippen molar-refractivity contribution in [1.82, 2.24) is 4.98 Å². The van der Waals surface area contributed by atoms with Crippen LogP contribution in [0.15, 0.2) is 18.5 Å². The van der Waals surface area contributed by atoms with Crippen LogP contribution >= 0.6 is 0 Å². The number of anilines is 1. The van der Waals surface area contributed by atoms with E-state index in [-0.39, 0.29) is 6.61 Å². The van der Waals surface area contributed by atoms with Gasteiger partial charge in [0.2, 0.25) is 0 Å². The second-order valence-electron chi connectivity index (χ2n) is 2.91. The lowest BCUT2D eigenvalue weighted by atomic mass is 10.4. The lowest BCUT2D eigenvalue weighted by Gasteiger charge is -2.07. The Labute approximate surface area is 83.9 Å². The summed E-state index contributed by atoms with van der Waals surface area (Å²) in [5.74, 6) is 0.681. The number of rotatable bonds is 6. The third-order valence-corrected chi connectivity index (χ3v) is 1.65. The predicted octanol–water partition coefficient (Wildman–Crippen LogP) is 1.27. The van der Waals surface area contributed by atoms with Crippen LogP contribution in [0, 0.1) is 0 Å². The number of hydrogen-bond acceptors (Lipinski definition) is 4. The minimum absolute atomic E-state index is 0.0205. The maximum Gasteiger partial charge on any atom is 0.139 e. The van der Waals surface area contributed by atoms with Gasteiger partial charge in [0.1, 0.15) is 12.4 Å². The average Bonchev–Trinajstić information content (AvgIpc) is 2.24. The van der Waals surface area contributed by atoms with Gasteiger partial charge in [0.15, 0.2) is 0 Å². The molecule has 0 fully saturated rings. The molecule has 0 atom stereocenters. The molecule has 78 valence electrons. The summed E-state index contributed by atoms with van der Waals surface area (Å²) in [5.41, 5.74) is 0.947. The molecular formula is C10H16N2O2. The third-order valence-electron chi connectivity index (χ3n) is 1.65. The topological polar surface area (TPSA) is 54.4 Å². The molecule has 1 rings (SSSR count). The molecule has 2 N–H and O–H groups in total. The number of hydrogen-bond donors (Lipinski definition) is 2. The Balaban J connectivity index is 2.50. The molecule has 0 amide bonds. The van der Waals surface area contributed by atoms with Crippen molar-refractivity contribution in [2.24, 2.45) is 0 Å². The van der Waals surface area contributed by atoms with E-state index in [9.17, 15) is 0 Å².